The van der Waals surface area contributed by atoms with E-state index < -0.39 is 0 Å². The van der Waals surface area contributed by atoms with Crippen LogP contribution in [0.15, 0.2) is 24.3 Å². The lowest BCUT2D eigenvalue weighted by atomic mass is 9.88. The number of aromatic hydroxyl groups is 1. The third-order valence-corrected chi connectivity index (χ3v) is 9.29. The first-order chi connectivity index (χ1) is 19.9. The Hall–Kier alpha value is -2.29. The van der Waals surface area contributed by atoms with E-state index in [2.05, 4.69) is 23.6 Å². The summed E-state index contributed by atoms with van der Waals surface area (Å²) in [6, 6.07) is 7.72. The third kappa shape index (κ3) is 6.92. The van der Waals surface area contributed by atoms with Crippen LogP contribution in [0.3, 0.4) is 0 Å². The van der Waals surface area contributed by atoms with E-state index >= 15 is 0 Å². The van der Waals surface area contributed by atoms with Gasteiger partial charge >= 0.3 is 0 Å². The van der Waals surface area contributed by atoms with Gasteiger partial charge in [-0.25, -0.2) is 8.78 Å². The molecule has 0 amide bonds. The molecule has 0 bridgehead atoms. The highest BCUT2D eigenvalue weighted by molar-refractivity contribution is 5.85. The van der Waals surface area contributed by atoms with Crippen LogP contribution in [0.4, 0.5) is 8.78 Å². The van der Waals surface area contributed by atoms with E-state index in [1.54, 1.807) is 13.2 Å². The number of rotatable bonds is 9. The van der Waals surface area contributed by atoms with E-state index in [1.807, 2.05) is 0 Å². The Labute approximate surface area is 255 Å². The van der Waals surface area contributed by atoms with Crippen molar-refractivity contribution < 1.29 is 28.1 Å². The molecule has 4 aliphatic rings. The minimum Gasteiger partial charge on any atom is -0.508 e. The first-order valence-corrected chi connectivity index (χ1v) is 15.6. The molecule has 2 aliphatic heterocycles. The number of ether oxygens (including phenoxy) is 3. The Morgan fingerprint density at radius 2 is 1.24 bits per heavy atom. The zero-order valence-electron chi connectivity index (χ0n) is 25.2. The lowest BCUT2D eigenvalue weighted by Crippen LogP contribution is -2.51. The minimum atomic E-state index is -0.373. The van der Waals surface area contributed by atoms with E-state index in [1.165, 1.54) is 56.7 Å². The van der Waals surface area contributed by atoms with Crippen LogP contribution in [-0.4, -0.2) is 72.5 Å². The molecule has 2 heterocycles. The van der Waals surface area contributed by atoms with E-state index in [0.29, 0.717) is 49.1 Å². The normalized spacial score (nSPS) is 21.4. The van der Waals surface area contributed by atoms with Gasteiger partial charge in [-0.05, 0) is 88.7 Å². The highest BCUT2D eigenvalue weighted by Gasteiger charge is 2.36. The Kier molecular flexibility index (Phi) is 11.6. The highest BCUT2D eigenvalue weighted by Crippen LogP contribution is 2.39. The molecule has 0 unspecified atom stereocenters. The molecule has 42 heavy (non-hydrogen) atoms. The van der Waals surface area contributed by atoms with Crippen molar-refractivity contribution in [3.8, 4) is 23.0 Å². The summed E-state index contributed by atoms with van der Waals surface area (Å²) in [6.45, 7) is 7.62. The van der Waals surface area contributed by atoms with E-state index in [-0.39, 0.29) is 41.6 Å². The predicted molar refractivity (Wildman–Crippen MR) is 164 cm³/mol. The van der Waals surface area contributed by atoms with Gasteiger partial charge in [-0.15, -0.1) is 12.4 Å². The van der Waals surface area contributed by atoms with Gasteiger partial charge in [-0.3, -0.25) is 9.80 Å². The average Bonchev–Trinajstić information content (AvgIpc) is 2.93. The molecule has 0 spiro atoms. The molecule has 0 saturated heterocycles. The Morgan fingerprint density at radius 1 is 0.762 bits per heavy atom. The first-order valence-electron chi connectivity index (χ1n) is 15.6. The van der Waals surface area contributed by atoms with Gasteiger partial charge in [0.25, 0.3) is 0 Å². The number of nitrogens with zero attached hydrogens (tertiary/aromatic N) is 2. The Balaban J connectivity index is 0.000000189. The molecule has 2 aliphatic carbocycles. The second-order valence-electron chi connectivity index (χ2n) is 11.9. The summed E-state index contributed by atoms with van der Waals surface area (Å²) in [5.41, 5.74) is 1.51. The first kappa shape index (κ1) is 32.6. The predicted octanol–water partition coefficient (Wildman–Crippen LogP) is 6.92. The lowest BCUT2D eigenvalue weighted by molar-refractivity contribution is 0.0428. The van der Waals surface area contributed by atoms with Crippen molar-refractivity contribution in [2.45, 2.75) is 102 Å². The molecular weight excluding hydrogens is 562 g/mol. The van der Waals surface area contributed by atoms with Gasteiger partial charge in [0, 0.05) is 35.3 Å². The van der Waals surface area contributed by atoms with Crippen molar-refractivity contribution in [1.29, 1.82) is 0 Å². The van der Waals surface area contributed by atoms with Gasteiger partial charge in [0.2, 0.25) is 0 Å². The third-order valence-electron chi connectivity index (χ3n) is 9.29. The maximum atomic E-state index is 13.9. The van der Waals surface area contributed by atoms with Crippen LogP contribution in [0.1, 0.15) is 76.3 Å². The summed E-state index contributed by atoms with van der Waals surface area (Å²) < 4.78 is 44.4. The SMILES string of the molecule is CCCN(C1CCC1)[C@H]1COc2c(F)ccc(O)c2C1.CCCN(C1CCC1)[C@H]1COc2c(F)ccc(OC)c2C1.Cl. The monoisotopic (exact) mass is 608 g/mol. The lowest BCUT2D eigenvalue weighted by Gasteiger charge is -2.44. The van der Waals surface area contributed by atoms with Crippen LogP contribution < -0.4 is 14.2 Å². The molecule has 0 radical (unpaired) electrons. The zero-order valence-corrected chi connectivity index (χ0v) is 26.1. The number of phenolic OH excluding ortho intramolecular Hbond substituents is 1. The smallest absolute Gasteiger partial charge is 0.165 e. The summed E-state index contributed by atoms with van der Waals surface area (Å²) in [5, 5.41) is 9.95. The number of hydrogen-bond acceptors (Lipinski definition) is 6. The van der Waals surface area contributed by atoms with Gasteiger partial charge in [0.15, 0.2) is 23.1 Å². The molecule has 2 atom stereocenters. The summed E-state index contributed by atoms with van der Waals surface area (Å²) in [6.07, 6.45) is 11.4. The molecule has 234 valence electrons. The maximum Gasteiger partial charge on any atom is 0.165 e. The van der Waals surface area contributed by atoms with Crippen molar-refractivity contribution in [3.05, 3.63) is 47.0 Å². The number of fused-ring (bicyclic) bond motifs is 2. The standard InChI is InChI=1S/C17H24FNO2.C16H22FNO2.ClH/c1-3-9-19(12-5-4-6-12)13-10-14-16(20-2)8-7-15(18)17(14)21-11-13;1-2-8-18(11-4-3-5-11)12-9-13-15(19)7-6-14(17)16(13)20-10-12;/h7-8,12-13H,3-6,9-11H2,1-2H3;6-7,11-12,19H,2-5,8-10H2,1H3;1H/t13-;12-;/m11./s1. The number of hydrogen-bond donors (Lipinski definition) is 1. The van der Waals surface area contributed by atoms with Crippen LogP contribution in [-0.2, 0) is 12.8 Å². The molecule has 0 aromatic heterocycles. The molecule has 6 nitrogen and oxygen atoms in total. The fraction of sp³-hybridized carbons (Fsp3) is 0.636. The molecule has 2 aromatic rings. The van der Waals surface area contributed by atoms with E-state index in [0.717, 1.165) is 43.7 Å². The number of benzene rings is 2. The highest BCUT2D eigenvalue weighted by atomic mass is 35.5. The van der Waals surface area contributed by atoms with Crippen molar-refractivity contribution in [2.24, 2.45) is 0 Å². The van der Waals surface area contributed by atoms with Gasteiger partial charge in [-0.1, -0.05) is 26.7 Å². The van der Waals surface area contributed by atoms with Crippen molar-refractivity contribution in [2.75, 3.05) is 33.4 Å². The maximum absolute atomic E-state index is 13.9. The topological polar surface area (TPSA) is 54.4 Å². The van der Waals surface area contributed by atoms with Crippen molar-refractivity contribution in [1.82, 2.24) is 9.80 Å². The molecular formula is C33H47ClF2N2O4. The molecule has 2 aromatic carbocycles. The second kappa shape index (κ2) is 14.9. The zero-order chi connectivity index (χ0) is 28.9. The number of methoxy groups -OCH3 is 1. The van der Waals surface area contributed by atoms with Crippen LogP contribution in [0.5, 0.6) is 23.0 Å². The van der Waals surface area contributed by atoms with E-state index in [9.17, 15) is 13.9 Å². The molecule has 9 heteroatoms. The molecule has 6 rings (SSSR count). The number of halogens is 3. The van der Waals surface area contributed by atoms with Gasteiger partial charge in [-0.2, -0.15) is 0 Å². The fourth-order valence-electron chi connectivity index (χ4n) is 6.72. The van der Waals surface area contributed by atoms with Crippen LogP contribution in [0.25, 0.3) is 0 Å². The van der Waals surface area contributed by atoms with Crippen LogP contribution in [0, 0.1) is 11.6 Å². The van der Waals surface area contributed by atoms with Crippen molar-refractivity contribution >= 4 is 12.4 Å². The minimum absolute atomic E-state index is 0. The van der Waals surface area contributed by atoms with Gasteiger partial charge < -0.3 is 19.3 Å². The summed E-state index contributed by atoms with van der Waals surface area (Å²) in [4.78, 5) is 5.06. The van der Waals surface area contributed by atoms with Crippen LogP contribution in [0.2, 0.25) is 0 Å². The Morgan fingerprint density at radius 3 is 1.69 bits per heavy atom. The molecule has 1 N–H and O–H groups in total. The van der Waals surface area contributed by atoms with Gasteiger partial charge in [0.05, 0.1) is 7.11 Å². The summed E-state index contributed by atoms with van der Waals surface area (Å²) >= 11 is 0. The number of phenols is 1. The Bertz CT molecular complexity index is 1180. The average molecular weight is 609 g/mol. The fourth-order valence-corrected chi connectivity index (χ4v) is 6.72. The van der Waals surface area contributed by atoms with E-state index in [4.69, 9.17) is 14.2 Å². The second-order valence-corrected chi connectivity index (χ2v) is 11.9. The molecule has 2 saturated carbocycles. The van der Waals surface area contributed by atoms with Crippen molar-refractivity contribution in [3.63, 3.8) is 0 Å². The summed E-state index contributed by atoms with van der Waals surface area (Å²) in [5.74, 6) is 0.858. The largest absolute Gasteiger partial charge is 0.508 e. The van der Waals surface area contributed by atoms with Crippen LogP contribution >= 0.6 is 12.4 Å². The van der Waals surface area contributed by atoms with Gasteiger partial charge in [0.1, 0.15) is 24.7 Å². The molecule has 2 fully saturated rings. The summed E-state index contributed by atoms with van der Waals surface area (Å²) in [7, 11) is 1.63. The quantitative estimate of drug-likeness (QED) is 0.333.